The molecule has 1 aromatic carbocycles. The Morgan fingerprint density at radius 1 is 1.42 bits per heavy atom. The monoisotopic (exact) mass is 369 g/mol. The summed E-state index contributed by atoms with van der Waals surface area (Å²) in [7, 11) is 0. The highest BCUT2D eigenvalue weighted by molar-refractivity contribution is 5.97. The molecule has 2 N–H and O–H groups in total. The number of nitrogens with one attached hydrogen (secondary N) is 1. The van der Waals surface area contributed by atoms with E-state index >= 15 is 0 Å². The van der Waals surface area contributed by atoms with Crippen molar-refractivity contribution in [2.45, 2.75) is 38.8 Å². The molecule has 0 bridgehead atoms. The van der Waals surface area contributed by atoms with Gasteiger partial charge in [-0.05, 0) is 37.5 Å². The summed E-state index contributed by atoms with van der Waals surface area (Å²) in [4.78, 5) is 20.3. The van der Waals surface area contributed by atoms with Gasteiger partial charge < -0.3 is 15.0 Å². The van der Waals surface area contributed by atoms with Crippen LogP contribution in [-0.4, -0.2) is 45.6 Å². The number of alkyl halides is 3. The van der Waals surface area contributed by atoms with Crippen LogP contribution < -0.4 is 0 Å². The zero-order valence-electron chi connectivity index (χ0n) is 14.6. The van der Waals surface area contributed by atoms with Crippen molar-refractivity contribution in [3.8, 4) is 0 Å². The van der Waals surface area contributed by atoms with Gasteiger partial charge in [-0.3, -0.25) is 4.79 Å². The number of aliphatic hydroxyl groups is 1. The summed E-state index contributed by atoms with van der Waals surface area (Å²) in [5.41, 5.74) is 0.384. The molecule has 1 aliphatic heterocycles. The predicted octanol–water partition coefficient (Wildman–Crippen LogP) is 3.60. The molecule has 26 heavy (non-hydrogen) atoms. The number of hydrogen-bond acceptors (Lipinski definition) is 3. The Balaban J connectivity index is 1.85. The first-order valence-corrected chi connectivity index (χ1v) is 8.75. The Labute approximate surface area is 149 Å². The van der Waals surface area contributed by atoms with E-state index in [2.05, 4.69) is 9.97 Å². The fourth-order valence-corrected chi connectivity index (χ4v) is 3.78. The topological polar surface area (TPSA) is 69.2 Å². The lowest BCUT2D eigenvalue weighted by Gasteiger charge is -2.42. The number of fused-ring (bicyclic) bond motifs is 1. The summed E-state index contributed by atoms with van der Waals surface area (Å²) in [6.07, 6.45) is -1.13. The summed E-state index contributed by atoms with van der Waals surface area (Å²) < 4.78 is 38.3. The number of rotatable bonds is 4. The summed E-state index contributed by atoms with van der Waals surface area (Å²) in [6, 6.07) is 4.33. The number of carbonyl (C=O) groups excluding carboxylic acids is 1. The maximum atomic E-state index is 12.8. The van der Waals surface area contributed by atoms with Crippen LogP contribution in [0.5, 0.6) is 0 Å². The third-order valence-corrected chi connectivity index (χ3v) is 5.06. The Morgan fingerprint density at radius 3 is 2.85 bits per heavy atom. The summed E-state index contributed by atoms with van der Waals surface area (Å²) in [5, 5.41) is 9.81. The van der Waals surface area contributed by atoms with Gasteiger partial charge in [0.2, 0.25) is 5.82 Å². The summed E-state index contributed by atoms with van der Waals surface area (Å²) in [5.74, 6) is -1.30. The average molecular weight is 369 g/mol. The summed E-state index contributed by atoms with van der Waals surface area (Å²) in [6.45, 7) is 3.12. The van der Waals surface area contributed by atoms with Gasteiger partial charge in [0.15, 0.2) is 0 Å². The second-order valence-corrected chi connectivity index (χ2v) is 7.05. The van der Waals surface area contributed by atoms with Crippen LogP contribution in [0.1, 0.15) is 48.8 Å². The van der Waals surface area contributed by atoms with Crippen LogP contribution in [0.15, 0.2) is 18.2 Å². The number of aromatic nitrogens is 2. The number of nitrogens with zero attached hydrogens (tertiary/aromatic N) is 2. The maximum Gasteiger partial charge on any atom is 0.449 e. The van der Waals surface area contributed by atoms with Gasteiger partial charge >= 0.3 is 6.18 Å². The van der Waals surface area contributed by atoms with Crippen LogP contribution in [0.25, 0.3) is 11.0 Å². The molecule has 0 spiro atoms. The Hall–Kier alpha value is -2.09. The van der Waals surface area contributed by atoms with Crippen LogP contribution in [0, 0.1) is 5.41 Å². The molecule has 0 saturated carbocycles. The van der Waals surface area contributed by atoms with E-state index in [1.54, 1.807) is 4.90 Å². The molecule has 5 nitrogen and oxygen atoms in total. The summed E-state index contributed by atoms with van der Waals surface area (Å²) >= 11 is 0. The zero-order chi connectivity index (χ0) is 18.9. The number of hydrogen-bond donors (Lipinski definition) is 2. The molecule has 1 saturated heterocycles. The molecule has 0 unspecified atom stereocenters. The highest BCUT2D eigenvalue weighted by Gasteiger charge is 2.37. The van der Waals surface area contributed by atoms with Gasteiger partial charge in [0.1, 0.15) is 0 Å². The first-order valence-electron chi connectivity index (χ1n) is 8.75. The number of H-pyrrole nitrogens is 1. The highest BCUT2D eigenvalue weighted by atomic mass is 19.4. The smallest absolute Gasteiger partial charge is 0.396 e. The standard InChI is InChI=1S/C18H22F3N3O2/c1-2-6-17(11-25)7-3-8-24(10-17)15(26)12-4-5-13-14(9-12)23-16(22-13)18(19,20)21/h4-5,9,25H,2-3,6-8,10-11H2,1H3,(H,22,23)/t17-/m1/s1. The maximum absolute atomic E-state index is 12.8. The number of likely N-dealkylation sites (tertiary alicyclic amines) is 1. The van der Waals surface area contributed by atoms with Crippen molar-refractivity contribution in [2.75, 3.05) is 19.7 Å². The Morgan fingerprint density at radius 2 is 2.19 bits per heavy atom. The molecule has 2 aromatic rings. The minimum Gasteiger partial charge on any atom is -0.396 e. The second-order valence-electron chi connectivity index (χ2n) is 7.05. The van der Waals surface area contributed by atoms with Crippen LogP contribution in [0.4, 0.5) is 13.2 Å². The minimum absolute atomic E-state index is 0.0269. The van der Waals surface area contributed by atoms with Gasteiger partial charge in [-0.1, -0.05) is 13.3 Å². The lowest BCUT2D eigenvalue weighted by molar-refractivity contribution is -0.144. The quantitative estimate of drug-likeness (QED) is 0.865. The van der Waals surface area contributed by atoms with E-state index in [0.29, 0.717) is 18.7 Å². The largest absolute Gasteiger partial charge is 0.449 e. The number of carbonyl (C=O) groups is 1. The molecular formula is C18H22F3N3O2. The van der Waals surface area contributed by atoms with Gasteiger partial charge in [0.25, 0.3) is 5.91 Å². The van der Waals surface area contributed by atoms with E-state index < -0.39 is 12.0 Å². The molecule has 1 fully saturated rings. The third kappa shape index (κ3) is 3.56. The molecule has 0 radical (unpaired) electrons. The second kappa shape index (κ2) is 6.90. The van der Waals surface area contributed by atoms with Gasteiger partial charge in [0.05, 0.1) is 17.6 Å². The Bertz CT molecular complexity index is 799. The van der Waals surface area contributed by atoms with Crippen LogP contribution in [0.3, 0.4) is 0 Å². The van der Waals surface area contributed by atoms with E-state index in [4.69, 9.17) is 0 Å². The molecular weight excluding hydrogens is 347 g/mol. The van der Waals surface area contributed by atoms with Crippen molar-refractivity contribution in [3.05, 3.63) is 29.6 Å². The lowest BCUT2D eigenvalue weighted by Crippen LogP contribution is -2.47. The van der Waals surface area contributed by atoms with Gasteiger partial charge in [-0.15, -0.1) is 0 Å². The van der Waals surface area contributed by atoms with Crippen molar-refractivity contribution in [1.29, 1.82) is 0 Å². The van der Waals surface area contributed by atoms with Gasteiger partial charge in [0, 0.05) is 24.1 Å². The average Bonchev–Trinajstić information content (AvgIpc) is 3.05. The van der Waals surface area contributed by atoms with E-state index in [1.165, 1.54) is 18.2 Å². The molecule has 1 amide bonds. The Kier molecular flexibility index (Phi) is 4.96. The lowest BCUT2D eigenvalue weighted by atomic mass is 9.77. The van der Waals surface area contributed by atoms with Crippen molar-refractivity contribution >= 4 is 16.9 Å². The first-order chi connectivity index (χ1) is 12.3. The van der Waals surface area contributed by atoms with Gasteiger partial charge in [-0.2, -0.15) is 13.2 Å². The van der Waals surface area contributed by atoms with E-state index in [-0.39, 0.29) is 29.0 Å². The van der Waals surface area contributed by atoms with E-state index in [9.17, 15) is 23.1 Å². The van der Waals surface area contributed by atoms with Crippen LogP contribution >= 0.6 is 0 Å². The van der Waals surface area contributed by atoms with Crippen molar-refractivity contribution in [3.63, 3.8) is 0 Å². The minimum atomic E-state index is -4.56. The molecule has 142 valence electrons. The SMILES string of the molecule is CCC[C@@]1(CO)CCCN(C(=O)c2ccc3nc(C(F)(F)F)[nH]c3c2)C1. The number of benzene rings is 1. The molecule has 1 atom stereocenters. The molecule has 2 heterocycles. The normalized spacial score (nSPS) is 21.3. The fraction of sp³-hybridized carbons (Fsp3) is 0.556. The van der Waals surface area contributed by atoms with Gasteiger partial charge in [-0.25, -0.2) is 4.98 Å². The van der Waals surface area contributed by atoms with Crippen molar-refractivity contribution < 1.29 is 23.1 Å². The molecule has 1 aliphatic rings. The third-order valence-electron chi connectivity index (χ3n) is 5.06. The number of aliphatic hydroxyl groups excluding tert-OH is 1. The number of piperidine rings is 1. The zero-order valence-corrected chi connectivity index (χ0v) is 14.6. The van der Waals surface area contributed by atoms with E-state index in [0.717, 1.165) is 25.7 Å². The fourth-order valence-electron chi connectivity index (χ4n) is 3.78. The van der Waals surface area contributed by atoms with Crippen molar-refractivity contribution in [1.82, 2.24) is 14.9 Å². The molecule has 3 rings (SSSR count). The highest BCUT2D eigenvalue weighted by Crippen LogP contribution is 2.35. The number of halogens is 3. The number of aromatic amines is 1. The molecule has 1 aromatic heterocycles. The predicted molar refractivity (Wildman–Crippen MR) is 90.7 cm³/mol. The van der Waals surface area contributed by atoms with Crippen LogP contribution in [-0.2, 0) is 6.18 Å². The van der Waals surface area contributed by atoms with Crippen molar-refractivity contribution in [2.24, 2.45) is 5.41 Å². The van der Waals surface area contributed by atoms with E-state index in [1.807, 2.05) is 6.92 Å². The van der Waals surface area contributed by atoms with Crippen LogP contribution in [0.2, 0.25) is 0 Å². The first kappa shape index (κ1) is 18.7. The molecule has 0 aliphatic carbocycles. The molecule has 8 heteroatoms. The number of imidazole rings is 1. The number of amides is 1.